The van der Waals surface area contributed by atoms with Crippen molar-refractivity contribution in [2.24, 2.45) is 0 Å². The molecule has 19 heavy (non-hydrogen) atoms. The van der Waals surface area contributed by atoms with E-state index in [0.29, 0.717) is 0 Å². The molecule has 0 saturated heterocycles. The Morgan fingerprint density at radius 1 is 1.16 bits per heavy atom. The van der Waals surface area contributed by atoms with E-state index in [-0.39, 0.29) is 6.42 Å². The standard InChI is InChI=1S/C11H19O7P/c1-6-7-11(10(13)16-3,8-9(12)15-2)19(14,17-4)18-5/h6H,1,7-8H2,2-5H3. The van der Waals surface area contributed by atoms with Crippen LogP contribution in [0.15, 0.2) is 12.7 Å². The monoisotopic (exact) mass is 294 g/mol. The Morgan fingerprint density at radius 2 is 1.68 bits per heavy atom. The Bertz CT molecular complexity index is 385. The van der Waals surface area contributed by atoms with E-state index in [1.807, 2.05) is 0 Å². The molecular formula is C11H19O7P. The largest absolute Gasteiger partial charge is 0.469 e. The smallest absolute Gasteiger partial charge is 0.348 e. The molecule has 0 aromatic carbocycles. The minimum atomic E-state index is -3.93. The van der Waals surface area contributed by atoms with Gasteiger partial charge >= 0.3 is 19.5 Å². The van der Waals surface area contributed by atoms with Crippen LogP contribution in [-0.2, 0) is 32.7 Å². The normalized spacial score (nSPS) is 14.3. The molecule has 7 nitrogen and oxygen atoms in total. The zero-order valence-electron chi connectivity index (χ0n) is 11.5. The first kappa shape index (κ1) is 17.8. The molecule has 0 aliphatic rings. The number of ether oxygens (including phenoxy) is 2. The van der Waals surface area contributed by atoms with Gasteiger partial charge in [-0.1, -0.05) is 6.08 Å². The fraction of sp³-hybridized carbons (Fsp3) is 0.636. The topological polar surface area (TPSA) is 88.1 Å². The number of allylic oxidation sites excluding steroid dienone is 1. The first-order chi connectivity index (χ1) is 8.87. The summed E-state index contributed by atoms with van der Waals surface area (Å²) >= 11 is 0. The lowest BCUT2D eigenvalue weighted by molar-refractivity contribution is -0.151. The summed E-state index contributed by atoms with van der Waals surface area (Å²) in [5.41, 5.74) is 0. The average Bonchev–Trinajstić information content (AvgIpc) is 2.44. The van der Waals surface area contributed by atoms with Gasteiger partial charge in [-0.2, -0.15) is 0 Å². The third kappa shape index (κ3) is 3.43. The number of hydrogen-bond acceptors (Lipinski definition) is 7. The number of rotatable bonds is 8. The number of hydrogen-bond donors (Lipinski definition) is 0. The van der Waals surface area contributed by atoms with Crippen molar-refractivity contribution in [3.8, 4) is 0 Å². The minimum Gasteiger partial charge on any atom is -0.469 e. The van der Waals surface area contributed by atoms with Gasteiger partial charge in [0.05, 0.1) is 20.6 Å². The summed E-state index contributed by atoms with van der Waals surface area (Å²) in [4.78, 5) is 23.5. The number of carbonyl (C=O) groups excluding carboxylic acids is 2. The Kier molecular flexibility index (Phi) is 6.97. The SMILES string of the molecule is C=CCC(CC(=O)OC)(C(=O)OC)P(=O)(OC)OC. The number of methoxy groups -OCH3 is 2. The molecule has 0 fully saturated rings. The average molecular weight is 294 g/mol. The van der Waals surface area contributed by atoms with E-state index in [2.05, 4.69) is 16.1 Å². The molecule has 1 atom stereocenters. The zero-order chi connectivity index (χ0) is 15.1. The first-order valence-corrected chi connectivity index (χ1v) is 6.89. The molecule has 0 aromatic heterocycles. The van der Waals surface area contributed by atoms with Crippen LogP contribution >= 0.6 is 7.60 Å². The molecule has 1 unspecified atom stereocenters. The molecule has 0 heterocycles. The van der Waals surface area contributed by atoms with Crippen molar-refractivity contribution in [1.29, 1.82) is 0 Å². The van der Waals surface area contributed by atoms with Crippen molar-refractivity contribution >= 4 is 19.5 Å². The van der Waals surface area contributed by atoms with E-state index in [4.69, 9.17) is 9.05 Å². The van der Waals surface area contributed by atoms with Crippen LogP contribution in [0.25, 0.3) is 0 Å². The minimum absolute atomic E-state index is 0.117. The van der Waals surface area contributed by atoms with E-state index in [1.165, 1.54) is 6.08 Å². The third-order valence-corrected chi connectivity index (χ3v) is 5.25. The predicted octanol–water partition coefficient (Wildman–Crippen LogP) is 1.52. The maximum Gasteiger partial charge on any atom is 0.348 e. The highest BCUT2D eigenvalue weighted by atomic mass is 31.2. The van der Waals surface area contributed by atoms with E-state index >= 15 is 0 Å². The molecule has 0 aliphatic carbocycles. The summed E-state index contributed by atoms with van der Waals surface area (Å²) in [6, 6.07) is 0. The highest BCUT2D eigenvalue weighted by Crippen LogP contribution is 2.62. The van der Waals surface area contributed by atoms with Crippen LogP contribution in [-0.4, -0.2) is 45.5 Å². The van der Waals surface area contributed by atoms with Gasteiger partial charge < -0.3 is 18.5 Å². The fourth-order valence-corrected chi connectivity index (χ4v) is 3.55. The maximum absolute atomic E-state index is 12.6. The molecule has 0 bridgehead atoms. The van der Waals surface area contributed by atoms with Gasteiger partial charge in [0.15, 0.2) is 5.16 Å². The number of esters is 2. The van der Waals surface area contributed by atoms with Crippen LogP contribution < -0.4 is 0 Å². The lowest BCUT2D eigenvalue weighted by atomic mass is 10.0. The molecule has 0 radical (unpaired) electrons. The highest BCUT2D eigenvalue weighted by Gasteiger charge is 2.58. The summed E-state index contributed by atoms with van der Waals surface area (Å²) in [5.74, 6) is -1.62. The molecule has 0 N–H and O–H groups in total. The first-order valence-electron chi connectivity index (χ1n) is 5.35. The van der Waals surface area contributed by atoms with Crippen LogP contribution in [0.5, 0.6) is 0 Å². The summed E-state index contributed by atoms with van der Waals surface area (Å²) in [6.07, 6.45) is 0.722. The van der Waals surface area contributed by atoms with Crippen LogP contribution in [0.2, 0.25) is 0 Å². The van der Waals surface area contributed by atoms with E-state index < -0.39 is 31.1 Å². The van der Waals surface area contributed by atoms with E-state index in [0.717, 1.165) is 28.4 Å². The van der Waals surface area contributed by atoms with Crippen LogP contribution in [0.4, 0.5) is 0 Å². The second-order valence-corrected chi connectivity index (χ2v) is 6.21. The van der Waals surface area contributed by atoms with Crippen LogP contribution in [0.1, 0.15) is 12.8 Å². The van der Waals surface area contributed by atoms with Gasteiger partial charge in [0.2, 0.25) is 0 Å². The Labute approximate surface area is 112 Å². The lowest BCUT2D eigenvalue weighted by Gasteiger charge is -2.33. The Balaban J connectivity index is 5.89. The summed E-state index contributed by atoms with van der Waals surface area (Å²) < 4.78 is 31.5. The van der Waals surface area contributed by atoms with Gasteiger partial charge in [0, 0.05) is 14.2 Å². The molecule has 0 aliphatic heterocycles. The third-order valence-electron chi connectivity index (χ3n) is 2.72. The molecule has 0 aromatic rings. The molecule has 0 saturated carbocycles. The van der Waals surface area contributed by atoms with Crippen molar-refractivity contribution in [2.75, 3.05) is 28.4 Å². The Morgan fingerprint density at radius 3 is 2.00 bits per heavy atom. The molecule has 110 valence electrons. The quantitative estimate of drug-likeness (QED) is 0.381. The molecule has 8 heteroatoms. The van der Waals surface area contributed by atoms with Gasteiger partial charge in [-0.15, -0.1) is 6.58 Å². The van der Waals surface area contributed by atoms with Crippen LogP contribution in [0.3, 0.4) is 0 Å². The summed E-state index contributed by atoms with van der Waals surface area (Å²) in [6.45, 7) is 3.49. The predicted molar refractivity (Wildman–Crippen MR) is 67.8 cm³/mol. The highest BCUT2D eigenvalue weighted by molar-refractivity contribution is 7.56. The molecule has 0 spiro atoms. The van der Waals surface area contributed by atoms with Gasteiger partial charge in [0.25, 0.3) is 0 Å². The molecule has 0 amide bonds. The lowest BCUT2D eigenvalue weighted by Crippen LogP contribution is -2.42. The van der Waals surface area contributed by atoms with Gasteiger partial charge in [-0.25, -0.2) is 0 Å². The second-order valence-electron chi connectivity index (χ2n) is 3.63. The summed E-state index contributed by atoms with van der Waals surface area (Å²) in [5, 5.41) is -1.81. The van der Waals surface area contributed by atoms with Crippen molar-refractivity contribution in [3.05, 3.63) is 12.7 Å². The van der Waals surface area contributed by atoms with Crippen molar-refractivity contribution < 1.29 is 32.7 Å². The maximum atomic E-state index is 12.6. The second kappa shape index (κ2) is 7.43. The van der Waals surface area contributed by atoms with Gasteiger partial charge in [0.1, 0.15) is 0 Å². The Hall–Kier alpha value is -1.17. The van der Waals surface area contributed by atoms with Gasteiger partial charge in [-0.05, 0) is 6.42 Å². The molecule has 0 rings (SSSR count). The fourth-order valence-electron chi connectivity index (χ4n) is 1.71. The van der Waals surface area contributed by atoms with Crippen molar-refractivity contribution in [2.45, 2.75) is 18.0 Å². The van der Waals surface area contributed by atoms with Crippen molar-refractivity contribution in [1.82, 2.24) is 0 Å². The molecular weight excluding hydrogens is 275 g/mol. The zero-order valence-corrected chi connectivity index (χ0v) is 12.4. The summed E-state index contributed by atoms with van der Waals surface area (Å²) in [7, 11) is 0.603. The number of carbonyl (C=O) groups is 2. The van der Waals surface area contributed by atoms with Crippen molar-refractivity contribution in [3.63, 3.8) is 0 Å². The van der Waals surface area contributed by atoms with Crippen LogP contribution in [0, 0.1) is 0 Å². The van der Waals surface area contributed by atoms with E-state index in [1.54, 1.807) is 0 Å². The van der Waals surface area contributed by atoms with E-state index in [9.17, 15) is 14.2 Å². The van der Waals surface area contributed by atoms with Gasteiger partial charge in [-0.3, -0.25) is 14.2 Å².